The van der Waals surface area contributed by atoms with Crippen molar-refractivity contribution in [1.29, 1.82) is 0 Å². The molecule has 1 amide bonds. The average molecular weight is 224 g/mol. The quantitative estimate of drug-likeness (QED) is 0.713. The van der Waals surface area contributed by atoms with E-state index in [0.717, 1.165) is 38.8 Å². The van der Waals surface area contributed by atoms with Gasteiger partial charge >= 0.3 is 0 Å². The van der Waals surface area contributed by atoms with Crippen molar-refractivity contribution >= 4 is 11.7 Å². The summed E-state index contributed by atoms with van der Waals surface area (Å²) in [5.41, 5.74) is 5.81. The Hall–Kier alpha value is -0.900. The SMILES string of the molecule is NC1CCN(C(=O)C2CCC(=O)CC2)CC1. The van der Waals surface area contributed by atoms with E-state index in [-0.39, 0.29) is 17.9 Å². The Morgan fingerprint density at radius 3 is 2.25 bits per heavy atom. The Labute approximate surface area is 96.2 Å². The lowest BCUT2D eigenvalue weighted by atomic mass is 9.87. The summed E-state index contributed by atoms with van der Waals surface area (Å²) in [4.78, 5) is 25.2. The van der Waals surface area contributed by atoms with Crippen LogP contribution in [-0.2, 0) is 9.59 Å². The predicted octanol–water partition coefficient (Wildman–Crippen LogP) is 0.695. The van der Waals surface area contributed by atoms with E-state index < -0.39 is 0 Å². The number of rotatable bonds is 1. The standard InChI is InChI=1S/C12H20N2O2/c13-10-5-7-14(8-6-10)12(16)9-1-3-11(15)4-2-9/h9-10H,1-8,13H2. The molecule has 1 aliphatic carbocycles. The maximum atomic E-state index is 12.1. The van der Waals surface area contributed by atoms with Gasteiger partial charge in [-0.2, -0.15) is 0 Å². The molecule has 2 aliphatic rings. The summed E-state index contributed by atoms with van der Waals surface area (Å²) in [5, 5.41) is 0. The number of Topliss-reactive ketones (excluding diaryl/α,β-unsaturated/α-hetero) is 1. The van der Waals surface area contributed by atoms with Crippen LogP contribution in [0.25, 0.3) is 0 Å². The van der Waals surface area contributed by atoms with Gasteiger partial charge in [-0.3, -0.25) is 9.59 Å². The van der Waals surface area contributed by atoms with Crippen molar-refractivity contribution in [2.75, 3.05) is 13.1 Å². The molecule has 0 spiro atoms. The fourth-order valence-electron chi connectivity index (χ4n) is 2.56. The van der Waals surface area contributed by atoms with E-state index >= 15 is 0 Å². The maximum Gasteiger partial charge on any atom is 0.225 e. The Kier molecular flexibility index (Phi) is 3.59. The van der Waals surface area contributed by atoms with Gasteiger partial charge in [-0.15, -0.1) is 0 Å². The zero-order chi connectivity index (χ0) is 11.5. The van der Waals surface area contributed by atoms with Gasteiger partial charge in [-0.05, 0) is 25.7 Å². The van der Waals surface area contributed by atoms with Crippen LogP contribution >= 0.6 is 0 Å². The Morgan fingerprint density at radius 2 is 1.69 bits per heavy atom. The van der Waals surface area contributed by atoms with Gasteiger partial charge in [0.15, 0.2) is 0 Å². The lowest BCUT2D eigenvalue weighted by molar-refractivity contribution is -0.138. The molecule has 0 aromatic rings. The third-order valence-corrected chi connectivity index (χ3v) is 3.74. The van der Waals surface area contributed by atoms with E-state index in [1.165, 1.54) is 0 Å². The number of nitrogens with two attached hydrogens (primary N) is 1. The Balaban J connectivity index is 1.85. The van der Waals surface area contributed by atoms with E-state index in [4.69, 9.17) is 5.73 Å². The minimum atomic E-state index is 0.0898. The molecule has 16 heavy (non-hydrogen) atoms. The molecule has 0 radical (unpaired) electrons. The molecule has 0 aromatic carbocycles. The van der Waals surface area contributed by atoms with Crippen molar-refractivity contribution in [1.82, 2.24) is 4.90 Å². The third kappa shape index (κ3) is 2.61. The second-order valence-corrected chi connectivity index (χ2v) is 4.98. The van der Waals surface area contributed by atoms with Crippen LogP contribution in [0.5, 0.6) is 0 Å². The number of likely N-dealkylation sites (tertiary alicyclic amines) is 1. The van der Waals surface area contributed by atoms with Crippen molar-refractivity contribution in [3.05, 3.63) is 0 Å². The molecule has 90 valence electrons. The van der Waals surface area contributed by atoms with Gasteiger partial charge in [0.1, 0.15) is 5.78 Å². The summed E-state index contributed by atoms with van der Waals surface area (Å²) >= 11 is 0. The molecule has 0 unspecified atom stereocenters. The summed E-state index contributed by atoms with van der Waals surface area (Å²) in [6.07, 6.45) is 4.50. The van der Waals surface area contributed by atoms with Gasteiger partial charge in [-0.25, -0.2) is 0 Å². The number of carbonyl (C=O) groups excluding carboxylic acids is 2. The van der Waals surface area contributed by atoms with Crippen molar-refractivity contribution < 1.29 is 9.59 Å². The highest BCUT2D eigenvalue weighted by atomic mass is 16.2. The second kappa shape index (κ2) is 4.95. The number of ketones is 1. The van der Waals surface area contributed by atoms with Crippen LogP contribution in [0.15, 0.2) is 0 Å². The van der Waals surface area contributed by atoms with Gasteiger partial charge < -0.3 is 10.6 Å². The van der Waals surface area contributed by atoms with Gasteiger partial charge in [-0.1, -0.05) is 0 Å². The van der Waals surface area contributed by atoms with Crippen LogP contribution in [0, 0.1) is 5.92 Å². The predicted molar refractivity (Wildman–Crippen MR) is 60.8 cm³/mol. The first-order chi connectivity index (χ1) is 7.66. The summed E-state index contributed by atoms with van der Waals surface area (Å²) in [5.74, 6) is 0.649. The second-order valence-electron chi connectivity index (χ2n) is 4.98. The zero-order valence-corrected chi connectivity index (χ0v) is 9.65. The number of hydrogen-bond donors (Lipinski definition) is 1. The summed E-state index contributed by atoms with van der Waals surface area (Å²) in [6.45, 7) is 1.59. The first-order valence-electron chi connectivity index (χ1n) is 6.23. The lowest BCUT2D eigenvalue weighted by Crippen LogP contribution is -2.45. The normalized spacial score (nSPS) is 24.8. The summed E-state index contributed by atoms with van der Waals surface area (Å²) in [7, 11) is 0. The van der Waals surface area contributed by atoms with E-state index in [1.807, 2.05) is 4.90 Å². The van der Waals surface area contributed by atoms with Crippen LogP contribution in [0.3, 0.4) is 0 Å². The fraction of sp³-hybridized carbons (Fsp3) is 0.833. The molecule has 1 saturated heterocycles. The summed E-state index contributed by atoms with van der Waals surface area (Å²) in [6, 6.07) is 0.261. The molecule has 2 fully saturated rings. The molecule has 4 heteroatoms. The third-order valence-electron chi connectivity index (χ3n) is 3.74. The van der Waals surface area contributed by atoms with Gasteiger partial charge in [0.2, 0.25) is 5.91 Å². The topological polar surface area (TPSA) is 63.4 Å². The molecule has 0 aromatic heterocycles. The number of piperidine rings is 1. The average Bonchev–Trinajstić information content (AvgIpc) is 2.30. The van der Waals surface area contributed by atoms with Crippen molar-refractivity contribution in [3.8, 4) is 0 Å². The molecule has 2 rings (SSSR count). The lowest BCUT2D eigenvalue weighted by Gasteiger charge is -2.33. The van der Waals surface area contributed by atoms with Crippen LogP contribution in [-0.4, -0.2) is 35.7 Å². The monoisotopic (exact) mass is 224 g/mol. The van der Waals surface area contributed by atoms with E-state index in [9.17, 15) is 9.59 Å². The minimum absolute atomic E-state index is 0.0898. The summed E-state index contributed by atoms with van der Waals surface area (Å²) < 4.78 is 0. The van der Waals surface area contributed by atoms with E-state index in [1.54, 1.807) is 0 Å². The molecule has 4 nitrogen and oxygen atoms in total. The number of carbonyl (C=O) groups is 2. The number of amides is 1. The van der Waals surface area contributed by atoms with Gasteiger partial charge in [0.05, 0.1) is 0 Å². The van der Waals surface area contributed by atoms with E-state index in [2.05, 4.69) is 0 Å². The number of hydrogen-bond acceptors (Lipinski definition) is 3. The maximum absolute atomic E-state index is 12.1. The molecular weight excluding hydrogens is 204 g/mol. The van der Waals surface area contributed by atoms with Gasteiger partial charge in [0.25, 0.3) is 0 Å². The zero-order valence-electron chi connectivity index (χ0n) is 9.65. The van der Waals surface area contributed by atoms with Crippen LogP contribution in [0.2, 0.25) is 0 Å². The molecule has 0 atom stereocenters. The minimum Gasteiger partial charge on any atom is -0.342 e. The molecule has 1 heterocycles. The Bertz CT molecular complexity index is 273. The smallest absolute Gasteiger partial charge is 0.225 e. The van der Waals surface area contributed by atoms with Gasteiger partial charge in [0, 0.05) is 37.9 Å². The largest absolute Gasteiger partial charge is 0.342 e. The molecule has 1 saturated carbocycles. The molecular formula is C12H20N2O2. The molecule has 1 aliphatic heterocycles. The van der Waals surface area contributed by atoms with Crippen LogP contribution in [0.1, 0.15) is 38.5 Å². The fourth-order valence-corrected chi connectivity index (χ4v) is 2.56. The molecule has 2 N–H and O–H groups in total. The highest BCUT2D eigenvalue weighted by Crippen LogP contribution is 2.24. The van der Waals surface area contributed by atoms with Crippen LogP contribution in [0.4, 0.5) is 0 Å². The first kappa shape index (κ1) is 11.6. The van der Waals surface area contributed by atoms with Crippen molar-refractivity contribution in [3.63, 3.8) is 0 Å². The Morgan fingerprint density at radius 1 is 1.12 bits per heavy atom. The van der Waals surface area contributed by atoms with Crippen molar-refractivity contribution in [2.45, 2.75) is 44.6 Å². The first-order valence-corrected chi connectivity index (χ1v) is 6.23. The number of nitrogens with zero attached hydrogens (tertiary/aromatic N) is 1. The van der Waals surface area contributed by atoms with E-state index in [0.29, 0.717) is 18.6 Å². The van der Waals surface area contributed by atoms with Crippen molar-refractivity contribution in [2.24, 2.45) is 11.7 Å². The highest BCUT2D eigenvalue weighted by Gasteiger charge is 2.30. The highest BCUT2D eigenvalue weighted by molar-refractivity contribution is 5.84. The molecule has 0 bridgehead atoms. The van der Waals surface area contributed by atoms with Crippen LogP contribution < -0.4 is 5.73 Å².